The number of carbonyl (C=O) groups excluding carboxylic acids is 1. The van der Waals surface area contributed by atoms with Gasteiger partial charge in [0.15, 0.2) is 0 Å². The average Bonchev–Trinajstić information content (AvgIpc) is 2.43. The third-order valence-electron chi connectivity index (χ3n) is 2.97. The molecule has 0 fully saturated rings. The first-order valence-corrected chi connectivity index (χ1v) is 6.87. The van der Waals surface area contributed by atoms with Gasteiger partial charge in [-0.25, -0.2) is 0 Å². The van der Waals surface area contributed by atoms with Gasteiger partial charge in [-0.05, 0) is 36.8 Å². The zero-order chi connectivity index (χ0) is 15.6. The molecular formula is C15H13ClN2O2S. The zero-order valence-corrected chi connectivity index (χ0v) is 12.8. The summed E-state index contributed by atoms with van der Waals surface area (Å²) in [6, 6.07) is 9.58. The van der Waals surface area contributed by atoms with Gasteiger partial charge in [0, 0.05) is 11.1 Å². The zero-order valence-electron chi connectivity index (χ0n) is 11.2. The molecule has 0 aliphatic heterocycles. The van der Waals surface area contributed by atoms with Gasteiger partial charge in [0.25, 0.3) is 5.91 Å². The highest BCUT2D eigenvalue weighted by atomic mass is 35.5. The van der Waals surface area contributed by atoms with E-state index >= 15 is 0 Å². The fraction of sp³-hybridized carbons (Fsp3) is 0.0667. The van der Waals surface area contributed by atoms with E-state index in [1.165, 1.54) is 6.07 Å². The molecule has 4 N–H and O–H groups in total. The largest absolute Gasteiger partial charge is 0.508 e. The van der Waals surface area contributed by atoms with E-state index in [1.54, 1.807) is 37.3 Å². The molecule has 2 aromatic rings. The second-order valence-corrected chi connectivity index (χ2v) is 5.36. The normalized spacial score (nSPS) is 10.2. The van der Waals surface area contributed by atoms with Crippen molar-refractivity contribution in [2.75, 3.05) is 5.32 Å². The molecule has 0 bridgehead atoms. The molecule has 0 unspecified atom stereocenters. The lowest BCUT2D eigenvalue weighted by Crippen LogP contribution is -2.14. The number of aryl methyl sites for hydroxylation is 1. The van der Waals surface area contributed by atoms with Crippen LogP contribution in [0.1, 0.15) is 21.5 Å². The van der Waals surface area contributed by atoms with Gasteiger partial charge in [-0.2, -0.15) is 0 Å². The van der Waals surface area contributed by atoms with Crippen LogP contribution in [-0.4, -0.2) is 16.0 Å². The summed E-state index contributed by atoms with van der Waals surface area (Å²) in [5, 5.41) is 12.7. The molecule has 108 valence electrons. The van der Waals surface area contributed by atoms with Crippen molar-refractivity contribution in [1.29, 1.82) is 0 Å². The lowest BCUT2D eigenvalue weighted by atomic mass is 10.1. The molecule has 0 atom stereocenters. The summed E-state index contributed by atoms with van der Waals surface area (Å²) in [6.07, 6.45) is 0. The molecule has 0 aromatic heterocycles. The molecule has 21 heavy (non-hydrogen) atoms. The van der Waals surface area contributed by atoms with Crippen molar-refractivity contribution >= 4 is 40.4 Å². The minimum absolute atomic E-state index is 0.0608. The number of nitrogens with two attached hydrogens (primary N) is 1. The van der Waals surface area contributed by atoms with E-state index < -0.39 is 0 Å². The first-order chi connectivity index (χ1) is 9.88. The Kier molecular flexibility index (Phi) is 4.45. The third kappa shape index (κ3) is 3.51. The lowest BCUT2D eigenvalue weighted by molar-refractivity contribution is 0.102. The molecule has 0 heterocycles. The van der Waals surface area contributed by atoms with Crippen LogP contribution >= 0.6 is 23.8 Å². The van der Waals surface area contributed by atoms with E-state index in [1.807, 2.05) is 0 Å². The maximum atomic E-state index is 12.2. The number of rotatable bonds is 3. The molecule has 0 spiro atoms. The number of thiocarbonyl (C=S) groups is 1. The maximum absolute atomic E-state index is 12.2. The number of hydrogen-bond acceptors (Lipinski definition) is 3. The Balaban J connectivity index is 2.28. The quantitative estimate of drug-likeness (QED) is 0.759. The van der Waals surface area contributed by atoms with Gasteiger partial charge in [-0.3, -0.25) is 4.79 Å². The number of anilines is 1. The van der Waals surface area contributed by atoms with Crippen molar-refractivity contribution in [2.45, 2.75) is 6.92 Å². The van der Waals surface area contributed by atoms with Gasteiger partial charge in [-0.1, -0.05) is 36.0 Å². The van der Waals surface area contributed by atoms with E-state index in [0.717, 1.165) is 0 Å². The number of aromatic hydroxyl groups is 1. The Hall–Kier alpha value is -2.11. The summed E-state index contributed by atoms with van der Waals surface area (Å²) in [4.78, 5) is 12.4. The Bertz CT molecular complexity index is 732. The van der Waals surface area contributed by atoms with Gasteiger partial charge >= 0.3 is 0 Å². The summed E-state index contributed by atoms with van der Waals surface area (Å²) in [5.41, 5.74) is 7.59. The summed E-state index contributed by atoms with van der Waals surface area (Å²) in [7, 11) is 0. The van der Waals surface area contributed by atoms with Crippen molar-refractivity contribution in [2.24, 2.45) is 5.73 Å². The van der Waals surface area contributed by atoms with Gasteiger partial charge in [0.1, 0.15) is 10.7 Å². The summed E-state index contributed by atoms with van der Waals surface area (Å²) >= 11 is 10.9. The number of amides is 1. The number of halogens is 1. The molecule has 4 nitrogen and oxygen atoms in total. The molecule has 0 aliphatic rings. The SMILES string of the molecule is Cc1ccc(C(=O)Nc2cc(C(N)=S)ccc2Cl)cc1O. The smallest absolute Gasteiger partial charge is 0.255 e. The number of benzene rings is 2. The van der Waals surface area contributed by atoms with E-state index in [0.29, 0.717) is 27.4 Å². The van der Waals surface area contributed by atoms with E-state index in [2.05, 4.69) is 5.32 Å². The summed E-state index contributed by atoms with van der Waals surface area (Å²) in [5.74, 6) is -0.321. The molecule has 6 heteroatoms. The predicted octanol–water partition coefficient (Wildman–Crippen LogP) is 3.24. The van der Waals surface area contributed by atoms with Gasteiger partial charge in [0.2, 0.25) is 0 Å². The summed E-state index contributed by atoms with van der Waals surface area (Å²) in [6.45, 7) is 1.75. The fourth-order valence-electron chi connectivity index (χ4n) is 1.72. The van der Waals surface area contributed by atoms with E-state index in [9.17, 15) is 9.90 Å². The van der Waals surface area contributed by atoms with Crippen molar-refractivity contribution in [3.63, 3.8) is 0 Å². The molecular weight excluding hydrogens is 308 g/mol. The van der Waals surface area contributed by atoms with Crippen LogP contribution in [0.25, 0.3) is 0 Å². The van der Waals surface area contributed by atoms with Crippen molar-refractivity contribution < 1.29 is 9.90 Å². The Morgan fingerprint density at radius 2 is 1.90 bits per heavy atom. The number of carbonyl (C=O) groups is 1. The van der Waals surface area contributed by atoms with E-state index in [-0.39, 0.29) is 16.6 Å². The van der Waals surface area contributed by atoms with Crippen LogP contribution in [0.15, 0.2) is 36.4 Å². The van der Waals surface area contributed by atoms with Crippen LogP contribution in [0, 0.1) is 6.92 Å². The van der Waals surface area contributed by atoms with Gasteiger partial charge < -0.3 is 16.2 Å². The standard InChI is InChI=1S/C15H13ClN2O2S/c1-8-2-3-10(7-13(8)19)15(20)18-12-6-9(14(17)21)4-5-11(12)16/h2-7,19H,1H3,(H2,17,21)(H,18,20). The molecule has 2 rings (SSSR count). The topological polar surface area (TPSA) is 75.4 Å². The monoisotopic (exact) mass is 320 g/mol. The van der Waals surface area contributed by atoms with E-state index in [4.69, 9.17) is 29.6 Å². The predicted molar refractivity (Wildman–Crippen MR) is 88.1 cm³/mol. The highest BCUT2D eigenvalue weighted by Crippen LogP contribution is 2.24. The Labute approximate surface area is 132 Å². The molecule has 0 saturated heterocycles. The number of phenolic OH excluding ortho intramolecular Hbond substituents is 1. The molecule has 2 aromatic carbocycles. The summed E-state index contributed by atoms with van der Waals surface area (Å²) < 4.78 is 0. The Morgan fingerprint density at radius 1 is 1.24 bits per heavy atom. The van der Waals surface area contributed by atoms with Crippen LogP contribution in [0.2, 0.25) is 5.02 Å². The maximum Gasteiger partial charge on any atom is 0.255 e. The highest BCUT2D eigenvalue weighted by molar-refractivity contribution is 7.80. The van der Waals surface area contributed by atoms with Gasteiger partial charge in [-0.15, -0.1) is 0 Å². The van der Waals surface area contributed by atoms with Gasteiger partial charge in [0.05, 0.1) is 10.7 Å². The number of nitrogens with one attached hydrogen (secondary N) is 1. The second-order valence-electron chi connectivity index (χ2n) is 4.51. The average molecular weight is 321 g/mol. The van der Waals surface area contributed by atoms with Crippen LogP contribution < -0.4 is 11.1 Å². The lowest BCUT2D eigenvalue weighted by Gasteiger charge is -2.10. The minimum Gasteiger partial charge on any atom is -0.508 e. The molecule has 1 amide bonds. The first-order valence-electron chi connectivity index (χ1n) is 6.09. The van der Waals surface area contributed by atoms with Crippen LogP contribution in [0.4, 0.5) is 5.69 Å². The Morgan fingerprint density at radius 3 is 2.52 bits per heavy atom. The molecule has 0 aliphatic carbocycles. The van der Waals surface area contributed by atoms with Crippen LogP contribution in [0.5, 0.6) is 5.75 Å². The molecule has 0 saturated carbocycles. The fourth-order valence-corrected chi connectivity index (χ4v) is 2.01. The van der Waals surface area contributed by atoms with Crippen molar-refractivity contribution in [3.8, 4) is 5.75 Å². The molecule has 0 radical (unpaired) electrons. The van der Waals surface area contributed by atoms with Crippen LogP contribution in [-0.2, 0) is 0 Å². The second kappa shape index (κ2) is 6.11. The number of hydrogen-bond donors (Lipinski definition) is 3. The van der Waals surface area contributed by atoms with Crippen LogP contribution in [0.3, 0.4) is 0 Å². The third-order valence-corrected chi connectivity index (χ3v) is 3.54. The number of phenols is 1. The minimum atomic E-state index is -0.382. The first kappa shape index (κ1) is 15.3. The van der Waals surface area contributed by atoms with Crippen molar-refractivity contribution in [3.05, 3.63) is 58.1 Å². The highest BCUT2D eigenvalue weighted by Gasteiger charge is 2.11. The van der Waals surface area contributed by atoms with Crippen molar-refractivity contribution in [1.82, 2.24) is 0 Å².